The predicted octanol–water partition coefficient (Wildman–Crippen LogP) is 3.37. The van der Waals surface area contributed by atoms with Crippen molar-refractivity contribution in [2.24, 2.45) is 5.73 Å². The van der Waals surface area contributed by atoms with E-state index in [1.165, 1.54) is 11.1 Å². The first-order chi connectivity index (χ1) is 11.2. The van der Waals surface area contributed by atoms with Crippen LogP contribution in [0.15, 0.2) is 18.2 Å². The van der Waals surface area contributed by atoms with E-state index in [0.29, 0.717) is 13.1 Å². The van der Waals surface area contributed by atoms with Gasteiger partial charge < -0.3 is 20.1 Å². The molecule has 0 aromatic heterocycles. The normalized spacial score (nSPS) is 22.4. The van der Waals surface area contributed by atoms with Crippen LogP contribution in [0.1, 0.15) is 57.2 Å². The monoisotopic (exact) mass is 332 g/mol. The average Bonchev–Trinajstić information content (AvgIpc) is 2.78. The number of carbonyl (C=O) groups excluding carboxylic acids is 1. The SMILES string of the molecule is COc1ccc2c(c1)[C@@H](N)CC21CCN(C(=O)OC(C)(C)C)CC1. The smallest absolute Gasteiger partial charge is 0.410 e. The highest BCUT2D eigenvalue weighted by Crippen LogP contribution is 2.50. The summed E-state index contributed by atoms with van der Waals surface area (Å²) in [7, 11) is 1.68. The molecular weight excluding hydrogens is 304 g/mol. The van der Waals surface area contributed by atoms with Gasteiger partial charge in [0.2, 0.25) is 0 Å². The molecule has 1 spiro atoms. The molecule has 132 valence electrons. The molecule has 0 saturated carbocycles. The maximum Gasteiger partial charge on any atom is 0.410 e. The molecule has 1 aromatic carbocycles. The summed E-state index contributed by atoms with van der Waals surface area (Å²) in [4.78, 5) is 14.1. The minimum atomic E-state index is -0.453. The van der Waals surface area contributed by atoms with Crippen LogP contribution >= 0.6 is 0 Å². The lowest BCUT2D eigenvalue weighted by Crippen LogP contribution is -2.46. The van der Waals surface area contributed by atoms with Gasteiger partial charge in [0.1, 0.15) is 11.4 Å². The first-order valence-corrected chi connectivity index (χ1v) is 8.66. The van der Waals surface area contributed by atoms with Gasteiger partial charge in [-0.2, -0.15) is 0 Å². The van der Waals surface area contributed by atoms with Crippen molar-refractivity contribution >= 4 is 6.09 Å². The Morgan fingerprint density at radius 2 is 1.96 bits per heavy atom. The molecule has 1 saturated heterocycles. The summed E-state index contributed by atoms with van der Waals surface area (Å²) in [5.74, 6) is 0.854. The number of likely N-dealkylation sites (tertiary alicyclic amines) is 1. The summed E-state index contributed by atoms with van der Waals surface area (Å²) < 4.78 is 10.8. The van der Waals surface area contributed by atoms with Crippen LogP contribution in [-0.2, 0) is 10.2 Å². The lowest BCUT2D eigenvalue weighted by Gasteiger charge is -2.40. The fourth-order valence-corrected chi connectivity index (χ4v) is 4.02. The van der Waals surface area contributed by atoms with Gasteiger partial charge in [-0.05, 0) is 63.3 Å². The molecule has 24 heavy (non-hydrogen) atoms. The highest BCUT2D eigenvalue weighted by atomic mass is 16.6. The molecule has 3 rings (SSSR count). The number of nitrogens with zero attached hydrogens (tertiary/aromatic N) is 1. The summed E-state index contributed by atoms with van der Waals surface area (Å²) >= 11 is 0. The van der Waals surface area contributed by atoms with Crippen LogP contribution in [0, 0.1) is 0 Å². The van der Waals surface area contributed by atoms with E-state index in [1.807, 2.05) is 31.7 Å². The minimum Gasteiger partial charge on any atom is -0.497 e. The van der Waals surface area contributed by atoms with Gasteiger partial charge in [-0.25, -0.2) is 4.79 Å². The fraction of sp³-hybridized carbons (Fsp3) is 0.632. The molecule has 2 aliphatic rings. The van der Waals surface area contributed by atoms with Crippen LogP contribution in [0.25, 0.3) is 0 Å². The van der Waals surface area contributed by atoms with E-state index in [0.717, 1.165) is 25.0 Å². The largest absolute Gasteiger partial charge is 0.497 e. The Kier molecular flexibility index (Phi) is 4.24. The lowest BCUT2D eigenvalue weighted by molar-refractivity contribution is 0.0162. The zero-order chi connectivity index (χ0) is 17.5. The zero-order valence-corrected chi connectivity index (χ0v) is 15.1. The van der Waals surface area contributed by atoms with Crippen molar-refractivity contribution in [3.8, 4) is 5.75 Å². The summed E-state index contributed by atoms with van der Waals surface area (Å²) in [5, 5.41) is 0. The Morgan fingerprint density at radius 3 is 2.54 bits per heavy atom. The molecule has 1 aliphatic heterocycles. The number of carbonyl (C=O) groups is 1. The zero-order valence-electron chi connectivity index (χ0n) is 15.1. The van der Waals surface area contributed by atoms with Gasteiger partial charge in [-0.15, -0.1) is 0 Å². The summed E-state index contributed by atoms with van der Waals surface area (Å²) in [6, 6.07) is 6.28. The van der Waals surface area contributed by atoms with E-state index >= 15 is 0 Å². The molecule has 1 heterocycles. The second kappa shape index (κ2) is 5.96. The average molecular weight is 332 g/mol. The number of fused-ring (bicyclic) bond motifs is 2. The van der Waals surface area contributed by atoms with Gasteiger partial charge >= 0.3 is 6.09 Å². The van der Waals surface area contributed by atoms with Gasteiger partial charge in [-0.3, -0.25) is 0 Å². The first kappa shape index (κ1) is 17.1. The van der Waals surface area contributed by atoms with Gasteiger partial charge in [-0.1, -0.05) is 6.07 Å². The third-order valence-corrected chi connectivity index (χ3v) is 5.21. The van der Waals surface area contributed by atoms with Crippen molar-refractivity contribution in [3.63, 3.8) is 0 Å². The molecule has 1 amide bonds. The Bertz CT molecular complexity index is 628. The van der Waals surface area contributed by atoms with Gasteiger partial charge in [0.05, 0.1) is 7.11 Å². The number of benzene rings is 1. The quantitative estimate of drug-likeness (QED) is 0.856. The van der Waals surface area contributed by atoms with E-state index in [1.54, 1.807) is 7.11 Å². The van der Waals surface area contributed by atoms with Crippen LogP contribution in [0.5, 0.6) is 5.75 Å². The Labute approximate surface area is 144 Å². The lowest BCUT2D eigenvalue weighted by atomic mass is 9.73. The topological polar surface area (TPSA) is 64.8 Å². The van der Waals surface area contributed by atoms with Crippen molar-refractivity contribution in [1.29, 1.82) is 0 Å². The number of amides is 1. The molecule has 0 radical (unpaired) electrons. The molecule has 5 nitrogen and oxygen atoms in total. The van der Waals surface area contributed by atoms with E-state index in [9.17, 15) is 4.79 Å². The summed E-state index contributed by atoms with van der Waals surface area (Å²) in [6.45, 7) is 7.13. The maximum absolute atomic E-state index is 12.3. The molecule has 1 fully saturated rings. The highest BCUT2D eigenvalue weighted by molar-refractivity contribution is 5.68. The van der Waals surface area contributed by atoms with Crippen LogP contribution in [-0.4, -0.2) is 36.8 Å². The Morgan fingerprint density at radius 1 is 1.29 bits per heavy atom. The van der Waals surface area contributed by atoms with Crippen molar-refractivity contribution in [2.75, 3.05) is 20.2 Å². The third kappa shape index (κ3) is 3.09. The molecule has 1 aliphatic carbocycles. The fourth-order valence-electron chi connectivity index (χ4n) is 4.02. The van der Waals surface area contributed by atoms with E-state index in [4.69, 9.17) is 15.2 Å². The second-order valence-corrected chi connectivity index (χ2v) is 8.01. The van der Waals surface area contributed by atoms with Crippen LogP contribution in [0.3, 0.4) is 0 Å². The van der Waals surface area contributed by atoms with Crippen molar-refractivity contribution in [3.05, 3.63) is 29.3 Å². The summed E-state index contributed by atoms with van der Waals surface area (Å²) in [6.07, 6.45) is 2.59. The second-order valence-electron chi connectivity index (χ2n) is 8.01. The Hall–Kier alpha value is -1.75. The van der Waals surface area contributed by atoms with Crippen molar-refractivity contribution in [1.82, 2.24) is 4.90 Å². The number of methoxy groups -OCH3 is 1. The number of rotatable bonds is 1. The molecule has 1 atom stereocenters. The molecular formula is C19H28N2O3. The third-order valence-electron chi connectivity index (χ3n) is 5.21. The molecule has 0 bridgehead atoms. The molecule has 2 N–H and O–H groups in total. The highest BCUT2D eigenvalue weighted by Gasteiger charge is 2.45. The number of piperidine rings is 1. The van der Waals surface area contributed by atoms with Gasteiger partial charge in [0.15, 0.2) is 0 Å². The van der Waals surface area contributed by atoms with E-state index < -0.39 is 5.60 Å². The van der Waals surface area contributed by atoms with Crippen LogP contribution < -0.4 is 10.5 Å². The molecule has 0 unspecified atom stereocenters. The van der Waals surface area contributed by atoms with E-state index in [2.05, 4.69) is 12.1 Å². The van der Waals surface area contributed by atoms with Crippen molar-refractivity contribution < 1.29 is 14.3 Å². The number of nitrogens with two attached hydrogens (primary N) is 1. The van der Waals surface area contributed by atoms with Crippen LogP contribution in [0.2, 0.25) is 0 Å². The van der Waals surface area contributed by atoms with Crippen LogP contribution in [0.4, 0.5) is 4.79 Å². The predicted molar refractivity (Wildman–Crippen MR) is 93.3 cm³/mol. The molecule has 5 heteroatoms. The number of ether oxygens (including phenoxy) is 2. The number of hydrogen-bond donors (Lipinski definition) is 1. The van der Waals surface area contributed by atoms with Crippen molar-refractivity contribution in [2.45, 2.75) is 57.1 Å². The number of hydrogen-bond acceptors (Lipinski definition) is 4. The molecule has 1 aromatic rings. The van der Waals surface area contributed by atoms with Gasteiger partial charge in [0.25, 0.3) is 0 Å². The maximum atomic E-state index is 12.3. The van der Waals surface area contributed by atoms with Gasteiger partial charge in [0, 0.05) is 24.5 Å². The summed E-state index contributed by atoms with van der Waals surface area (Å²) in [5.41, 5.74) is 8.55. The Balaban J connectivity index is 1.74. The standard InChI is InChI=1S/C19H28N2O3/c1-18(2,3)24-17(22)21-9-7-19(8-10-21)12-16(20)14-11-13(23-4)5-6-15(14)19/h5-6,11,16H,7-10,12,20H2,1-4H3/t16-/m0/s1. The minimum absolute atomic E-state index is 0.0446. The van der Waals surface area contributed by atoms with E-state index in [-0.39, 0.29) is 17.6 Å². The first-order valence-electron chi connectivity index (χ1n) is 8.66.